The average Bonchev–Trinajstić information content (AvgIpc) is 2.98. The van der Waals surface area contributed by atoms with E-state index in [2.05, 4.69) is 0 Å². The Morgan fingerprint density at radius 1 is 1.30 bits per heavy atom. The topological polar surface area (TPSA) is 70.7 Å². The highest BCUT2D eigenvalue weighted by atomic mass is 16.5. The summed E-state index contributed by atoms with van der Waals surface area (Å²) in [5, 5.41) is 0. The molecule has 0 fully saturated rings. The Bertz CT molecular complexity index is 625. The Morgan fingerprint density at radius 2 is 2.00 bits per heavy atom. The van der Waals surface area contributed by atoms with Crippen LogP contribution in [0.1, 0.15) is 37.3 Å². The van der Waals surface area contributed by atoms with E-state index in [4.69, 9.17) is 13.9 Å². The molecule has 2 aromatic rings. The highest BCUT2D eigenvalue weighted by Crippen LogP contribution is 2.26. The van der Waals surface area contributed by atoms with Gasteiger partial charge < -0.3 is 18.5 Å². The standard InChI is InChI=1S/C14H17NO5/c1-4-18-13(16)9(3)15-10-6-7-20-12(10)8-11(15)14(17)19-5-2/h6-9H,4-5H2,1-3H3/t9-/m1/s1. The van der Waals surface area contributed by atoms with Crippen LogP contribution in [0.3, 0.4) is 0 Å². The molecule has 0 unspecified atom stereocenters. The van der Waals surface area contributed by atoms with Crippen molar-refractivity contribution in [3.8, 4) is 0 Å². The molecular formula is C14H17NO5. The molecule has 0 aromatic carbocycles. The van der Waals surface area contributed by atoms with Crippen molar-refractivity contribution >= 4 is 23.0 Å². The molecule has 0 N–H and O–H groups in total. The Hall–Kier alpha value is -2.24. The van der Waals surface area contributed by atoms with E-state index in [0.29, 0.717) is 11.1 Å². The molecule has 0 aliphatic rings. The summed E-state index contributed by atoms with van der Waals surface area (Å²) in [4.78, 5) is 23.9. The predicted molar refractivity (Wildman–Crippen MR) is 71.5 cm³/mol. The first kappa shape index (κ1) is 14.2. The summed E-state index contributed by atoms with van der Waals surface area (Å²) in [6.07, 6.45) is 1.51. The minimum atomic E-state index is -0.635. The van der Waals surface area contributed by atoms with Gasteiger partial charge in [-0.3, -0.25) is 0 Å². The van der Waals surface area contributed by atoms with Crippen LogP contribution in [-0.4, -0.2) is 29.7 Å². The molecule has 20 heavy (non-hydrogen) atoms. The van der Waals surface area contributed by atoms with E-state index >= 15 is 0 Å². The van der Waals surface area contributed by atoms with Crippen molar-refractivity contribution in [1.29, 1.82) is 0 Å². The van der Waals surface area contributed by atoms with Gasteiger partial charge in [0.15, 0.2) is 5.58 Å². The molecule has 1 atom stereocenters. The zero-order valence-corrected chi connectivity index (χ0v) is 11.7. The summed E-state index contributed by atoms with van der Waals surface area (Å²) in [5.74, 6) is -0.896. The van der Waals surface area contributed by atoms with Gasteiger partial charge in [0.2, 0.25) is 0 Å². The van der Waals surface area contributed by atoms with Gasteiger partial charge in [-0.2, -0.15) is 0 Å². The van der Waals surface area contributed by atoms with Crippen LogP contribution in [0.25, 0.3) is 11.1 Å². The Labute approximate surface area is 116 Å². The molecular weight excluding hydrogens is 262 g/mol. The normalized spacial score (nSPS) is 12.3. The lowest BCUT2D eigenvalue weighted by Gasteiger charge is -2.16. The monoisotopic (exact) mass is 279 g/mol. The summed E-state index contributed by atoms with van der Waals surface area (Å²) in [5.41, 5.74) is 1.47. The number of hydrogen-bond donors (Lipinski definition) is 0. The molecule has 0 saturated heterocycles. The minimum absolute atomic E-state index is 0.263. The van der Waals surface area contributed by atoms with Crippen LogP contribution in [0.2, 0.25) is 0 Å². The summed E-state index contributed by atoms with van der Waals surface area (Å²) < 4.78 is 16.9. The predicted octanol–water partition coefficient (Wildman–Crippen LogP) is 2.54. The van der Waals surface area contributed by atoms with Gasteiger partial charge in [0.1, 0.15) is 11.7 Å². The second-order valence-electron chi connectivity index (χ2n) is 4.22. The first-order chi connectivity index (χ1) is 9.60. The van der Waals surface area contributed by atoms with Gasteiger partial charge in [-0.25, -0.2) is 9.59 Å². The first-order valence-corrected chi connectivity index (χ1v) is 6.52. The van der Waals surface area contributed by atoms with E-state index in [1.54, 1.807) is 37.5 Å². The van der Waals surface area contributed by atoms with Gasteiger partial charge in [-0.1, -0.05) is 0 Å². The molecule has 6 nitrogen and oxygen atoms in total. The molecule has 108 valence electrons. The highest BCUT2D eigenvalue weighted by Gasteiger charge is 2.26. The van der Waals surface area contributed by atoms with Gasteiger partial charge in [-0.15, -0.1) is 0 Å². The number of aromatic nitrogens is 1. The number of ether oxygens (including phenoxy) is 2. The number of hydrogen-bond acceptors (Lipinski definition) is 5. The largest absolute Gasteiger partial charge is 0.464 e. The number of nitrogens with zero attached hydrogens (tertiary/aromatic N) is 1. The maximum absolute atomic E-state index is 12.0. The van der Waals surface area contributed by atoms with Crippen LogP contribution in [0.4, 0.5) is 0 Å². The average molecular weight is 279 g/mol. The van der Waals surface area contributed by atoms with E-state index in [1.165, 1.54) is 6.26 Å². The van der Waals surface area contributed by atoms with Gasteiger partial charge in [0.25, 0.3) is 0 Å². The molecule has 6 heteroatoms. The number of furan rings is 1. The molecule has 0 bridgehead atoms. The summed E-state index contributed by atoms with van der Waals surface area (Å²) in [6, 6.07) is 2.64. The lowest BCUT2D eigenvalue weighted by molar-refractivity contribution is -0.146. The zero-order chi connectivity index (χ0) is 14.7. The third-order valence-corrected chi connectivity index (χ3v) is 2.96. The van der Waals surface area contributed by atoms with Crippen LogP contribution in [-0.2, 0) is 14.3 Å². The third-order valence-electron chi connectivity index (χ3n) is 2.96. The van der Waals surface area contributed by atoms with Crippen LogP contribution in [0.5, 0.6) is 0 Å². The first-order valence-electron chi connectivity index (χ1n) is 6.52. The van der Waals surface area contributed by atoms with Crippen molar-refractivity contribution in [2.24, 2.45) is 0 Å². The van der Waals surface area contributed by atoms with Gasteiger partial charge >= 0.3 is 11.9 Å². The quantitative estimate of drug-likeness (QED) is 0.786. The van der Waals surface area contributed by atoms with Crippen molar-refractivity contribution in [1.82, 2.24) is 4.57 Å². The second kappa shape index (κ2) is 5.81. The molecule has 0 aliphatic heterocycles. The molecule has 0 amide bonds. The van der Waals surface area contributed by atoms with Gasteiger partial charge in [0.05, 0.1) is 25.0 Å². The molecule has 0 saturated carbocycles. The van der Waals surface area contributed by atoms with E-state index in [0.717, 1.165) is 0 Å². The number of carbonyl (C=O) groups excluding carboxylic acids is 2. The van der Waals surface area contributed by atoms with Crippen LogP contribution >= 0.6 is 0 Å². The Morgan fingerprint density at radius 3 is 2.65 bits per heavy atom. The number of esters is 2. The number of fused-ring (bicyclic) bond motifs is 1. The third kappa shape index (κ3) is 2.41. The van der Waals surface area contributed by atoms with E-state index in [-0.39, 0.29) is 18.9 Å². The van der Waals surface area contributed by atoms with Crippen molar-refractivity contribution in [3.63, 3.8) is 0 Å². The molecule has 0 radical (unpaired) electrons. The molecule has 0 spiro atoms. The number of carbonyl (C=O) groups is 2. The fourth-order valence-electron chi connectivity index (χ4n) is 2.09. The molecule has 2 heterocycles. The van der Waals surface area contributed by atoms with E-state index in [9.17, 15) is 9.59 Å². The van der Waals surface area contributed by atoms with Crippen molar-refractivity contribution in [3.05, 3.63) is 24.1 Å². The van der Waals surface area contributed by atoms with Crippen molar-refractivity contribution in [2.75, 3.05) is 13.2 Å². The van der Waals surface area contributed by atoms with Crippen molar-refractivity contribution < 1.29 is 23.5 Å². The molecule has 2 rings (SSSR count). The van der Waals surface area contributed by atoms with Crippen LogP contribution in [0, 0.1) is 0 Å². The fraction of sp³-hybridized carbons (Fsp3) is 0.429. The molecule has 2 aromatic heterocycles. The summed E-state index contributed by atoms with van der Waals surface area (Å²) >= 11 is 0. The summed E-state index contributed by atoms with van der Waals surface area (Å²) in [7, 11) is 0. The Balaban J connectivity index is 2.47. The van der Waals surface area contributed by atoms with Crippen molar-refractivity contribution in [2.45, 2.75) is 26.8 Å². The van der Waals surface area contributed by atoms with Gasteiger partial charge in [0, 0.05) is 12.1 Å². The van der Waals surface area contributed by atoms with Crippen LogP contribution < -0.4 is 0 Å². The smallest absolute Gasteiger partial charge is 0.355 e. The fourth-order valence-corrected chi connectivity index (χ4v) is 2.09. The highest BCUT2D eigenvalue weighted by molar-refractivity contribution is 5.95. The minimum Gasteiger partial charge on any atom is -0.464 e. The molecule has 0 aliphatic carbocycles. The lowest BCUT2D eigenvalue weighted by atomic mass is 10.3. The SMILES string of the molecule is CCOC(=O)c1cc2occc2n1[C@H](C)C(=O)OCC. The van der Waals surface area contributed by atoms with E-state index < -0.39 is 18.0 Å². The van der Waals surface area contributed by atoms with E-state index in [1.807, 2.05) is 0 Å². The van der Waals surface area contributed by atoms with Gasteiger partial charge in [-0.05, 0) is 20.8 Å². The maximum Gasteiger partial charge on any atom is 0.355 e. The maximum atomic E-state index is 12.0. The summed E-state index contributed by atoms with van der Waals surface area (Å²) in [6.45, 7) is 5.68. The second-order valence-corrected chi connectivity index (χ2v) is 4.22. The lowest BCUT2D eigenvalue weighted by Crippen LogP contribution is -2.23. The van der Waals surface area contributed by atoms with Crippen LogP contribution in [0.15, 0.2) is 22.8 Å². The Kier molecular flexibility index (Phi) is 4.12. The zero-order valence-electron chi connectivity index (χ0n) is 11.7. The number of rotatable bonds is 5.